The number of hydrogen-bond donors (Lipinski definition) is 2. The molecule has 23 heavy (non-hydrogen) atoms. The van der Waals surface area contributed by atoms with Gasteiger partial charge in [0.1, 0.15) is 0 Å². The fourth-order valence-corrected chi connectivity index (χ4v) is 3.88. The second-order valence-electron chi connectivity index (χ2n) is 7.10. The average molecular weight is 308 g/mol. The number of rotatable bonds is 3. The summed E-state index contributed by atoms with van der Waals surface area (Å²) in [6, 6.07) is 15.2. The van der Waals surface area contributed by atoms with Crippen molar-refractivity contribution in [3.63, 3.8) is 0 Å². The van der Waals surface area contributed by atoms with Crippen molar-refractivity contribution in [2.24, 2.45) is 11.8 Å². The topological polar surface area (TPSA) is 41.1 Å². The number of piperidine rings is 1. The fraction of sp³-hybridized carbons (Fsp3) is 0.450. The van der Waals surface area contributed by atoms with Crippen LogP contribution >= 0.6 is 0 Å². The van der Waals surface area contributed by atoms with Crippen molar-refractivity contribution >= 4 is 16.7 Å². The van der Waals surface area contributed by atoms with Gasteiger partial charge in [-0.1, -0.05) is 49.4 Å². The molecule has 1 saturated heterocycles. The van der Waals surface area contributed by atoms with Crippen molar-refractivity contribution in [2.45, 2.75) is 31.7 Å². The maximum absolute atomic E-state index is 12.6. The van der Waals surface area contributed by atoms with Gasteiger partial charge in [0.25, 0.3) is 0 Å². The van der Waals surface area contributed by atoms with E-state index < -0.39 is 0 Å². The van der Waals surface area contributed by atoms with E-state index in [1.165, 1.54) is 16.3 Å². The lowest BCUT2D eigenvalue weighted by Crippen LogP contribution is -2.50. The molecular weight excluding hydrogens is 284 g/mol. The van der Waals surface area contributed by atoms with Crippen molar-refractivity contribution in [1.29, 1.82) is 0 Å². The first-order valence-corrected chi connectivity index (χ1v) is 8.73. The molecule has 4 unspecified atom stereocenters. The third kappa shape index (κ3) is 2.86. The first-order chi connectivity index (χ1) is 11.2. The van der Waals surface area contributed by atoms with Crippen molar-refractivity contribution in [1.82, 2.24) is 10.6 Å². The second kappa shape index (κ2) is 5.97. The molecule has 0 radical (unpaired) electrons. The SMILES string of the molecule is CC1CCNCC1NC(=O)C1CC1c1cccc2ccccc12. The highest BCUT2D eigenvalue weighted by Crippen LogP contribution is 2.49. The molecule has 2 aromatic carbocycles. The normalized spacial score (nSPS) is 30.1. The standard InChI is InChI=1S/C20H24N2O/c1-13-9-10-21-12-19(13)22-20(23)18-11-17(18)16-8-4-6-14-5-2-3-7-15(14)16/h2-8,13,17-19,21H,9-12H2,1H3,(H,22,23). The van der Waals surface area contributed by atoms with Crippen LogP contribution < -0.4 is 10.6 Å². The van der Waals surface area contributed by atoms with Crippen LogP contribution in [0.25, 0.3) is 10.8 Å². The molecule has 4 rings (SSSR count). The Labute approximate surface area is 137 Å². The molecule has 2 N–H and O–H groups in total. The largest absolute Gasteiger partial charge is 0.352 e. The van der Waals surface area contributed by atoms with Crippen LogP contribution in [-0.2, 0) is 4.79 Å². The molecule has 2 fully saturated rings. The number of hydrogen-bond acceptors (Lipinski definition) is 2. The Morgan fingerprint density at radius 3 is 2.87 bits per heavy atom. The van der Waals surface area contributed by atoms with Crippen LogP contribution in [0.5, 0.6) is 0 Å². The van der Waals surface area contributed by atoms with Gasteiger partial charge >= 0.3 is 0 Å². The molecule has 0 bridgehead atoms. The molecule has 0 aromatic heterocycles. The van der Waals surface area contributed by atoms with Gasteiger partial charge in [-0.15, -0.1) is 0 Å². The Kier molecular flexibility index (Phi) is 3.82. The maximum atomic E-state index is 12.6. The second-order valence-corrected chi connectivity index (χ2v) is 7.10. The van der Waals surface area contributed by atoms with Gasteiger partial charge in [0.2, 0.25) is 5.91 Å². The maximum Gasteiger partial charge on any atom is 0.224 e. The zero-order valence-electron chi connectivity index (χ0n) is 13.6. The summed E-state index contributed by atoms with van der Waals surface area (Å²) in [5.74, 6) is 1.33. The number of carbonyl (C=O) groups excluding carboxylic acids is 1. The summed E-state index contributed by atoms with van der Waals surface area (Å²) in [4.78, 5) is 12.6. The summed E-state index contributed by atoms with van der Waals surface area (Å²) in [5, 5.41) is 9.22. The van der Waals surface area contributed by atoms with Gasteiger partial charge in [0, 0.05) is 18.5 Å². The first kappa shape index (κ1) is 14.7. The van der Waals surface area contributed by atoms with Crippen molar-refractivity contribution < 1.29 is 4.79 Å². The summed E-state index contributed by atoms with van der Waals surface area (Å²) >= 11 is 0. The Bertz CT molecular complexity index is 721. The molecule has 3 heteroatoms. The fourth-order valence-electron chi connectivity index (χ4n) is 3.88. The van der Waals surface area contributed by atoms with E-state index in [9.17, 15) is 4.79 Å². The number of carbonyl (C=O) groups is 1. The molecule has 1 saturated carbocycles. The monoisotopic (exact) mass is 308 g/mol. The van der Waals surface area contributed by atoms with Crippen molar-refractivity contribution in [3.8, 4) is 0 Å². The number of fused-ring (bicyclic) bond motifs is 1. The molecule has 1 heterocycles. The van der Waals surface area contributed by atoms with Crippen LogP contribution in [0.1, 0.15) is 31.2 Å². The predicted molar refractivity (Wildman–Crippen MR) is 93.4 cm³/mol. The minimum Gasteiger partial charge on any atom is -0.352 e. The highest BCUT2D eigenvalue weighted by Gasteiger charge is 2.45. The van der Waals surface area contributed by atoms with Gasteiger partial charge in [-0.05, 0) is 47.6 Å². The molecule has 1 amide bonds. The highest BCUT2D eigenvalue weighted by molar-refractivity contribution is 5.89. The predicted octanol–water partition coefficient (Wildman–Crippen LogP) is 3.06. The molecule has 2 aliphatic rings. The summed E-state index contributed by atoms with van der Waals surface area (Å²) in [6.07, 6.45) is 2.12. The minimum atomic E-state index is 0.148. The van der Waals surface area contributed by atoms with E-state index in [1.54, 1.807) is 0 Å². The van der Waals surface area contributed by atoms with Crippen molar-refractivity contribution in [3.05, 3.63) is 48.0 Å². The van der Waals surface area contributed by atoms with E-state index in [2.05, 4.69) is 60.0 Å². The number of benzene rings is 2. The van der Waals surface area contributed by atoms with Gasteiger partial charge in [-0.3, -0.25) is 4.79 Å². The molecule has 120 valence electrons. The van der Waals surface area contributed by atoms with Crippen LogP contribution in [0.15, 0.2) is 42.5 Å². The van der Waals surface area contributed by atoms with Gasteiger partial charge in [-0.25, -0.2) is 0 Å². The molecule has 2 aromatic rings. The highest BCUT2D eigenvalue weighted by atomic mass is 16.2. The summed E-state index contributed by atoms with van der Waals surface area (Å²) < 4.78 is 0. The number of amides is 1. The van der Waals surface area contributed by atoms with E-state index in [-0.39, 0.29) is 17.9 Å². The lowest BCUT2D eigenvalue weighted by atomic mass is 9.94. The smallest absolute Gasteiger partial charge is 0.224 e. The first-order valence-electron chi connectivity index (χ1n) is 8.73. The van der Waals surface area contributed by atoms with Gasteiger partial charge in [0.05, 0.1) is 0 Å². The Morgan fingerprint density at radius 2 is 2.00 bits per heavy atom. The van der Waals surface area contributed by atoms with Crippen LogP contribution in [0.2, 0.25) is 0 Å². The third-order valence-electron chi connectivity index (χ3n) is 5.51. The molecule has 3 nitrogen and oxygen atoms in total. The lowest BCUT2D eigenvalue weighted by molar-refractivity contribution is -0.123. The summed E-state index contributed by atoms with van der Waals surface area (Å²) in [5.41, 5.74) is 1.33. The minimum absolute atomic E-state index is 0.148. The molecular formula is C20H24N2O. The lowest BCUT2D eigenvalue weighted by Gasteiger charge is -2.30. The molecule has 1 aliphatic carbocycles. The van der Waals surface area contributed by atoms with E-state index >= 15 is 0 Å². The molecule has 0 spiro atoms. The Balaban J connectivity index is 1.47. The third-order valence-corrected chi connectivity index (χ3v) is 5.51. The van der Waals surface area contributed by atoms with Gasteiger partial charge in [-0.2, -0.15) is 0 Å². The zero-order chi connectivity index (χ0) is 15.8. The summed E-state index contributed by atoms with van der Waals surface area (Å²) in [7, 11) is 0. The molecule has 4 atom stereocenters. The Hall–Kier alpha value is -1.87. The van der Waals surface area contributed by atoms with Crippen LogP contribution in [-0.4, -0.2) is 25.0 Å². The van der Waals surface area contributed by atoms with Gasteiger partial charge in [0.15, 0.2) is 0 Å². The van der Waals surface area contributed by atoms with E-state index in [0.717, 1.165) is 25.9 Å². The zero-order valence-corrected chi connectivity index (χ0v) is 13.6. The van der Waals surface area contributed by atoms with Crippen molar-refractivity contribution in [2.75, 3.05) is 13.1 Å². The number of nitrogens with one attached hydrogen (secondary N) is 2. The van der Waals surface area contributed by atoms with E-state index in [1.807, 2.05) is 0 Å². The van der Waals surface area contributed by atoms with Crippen LogP contribution in [0.4, 0.5) is 0 Å². The molecule has 1 aliphatic heterocycles. The average Bonchev–Trinajstić information content (AvgIpc) is 3.37. The van der Waals surface area contributed by atoms with E-state index in [0.29, 0.717) is 11.8 Å². The Morgan fingerprint density at radius 1 is 1.17 bits per heavy atom. The van der Waals surface area contributed by atoms with Crippen LogP contribution in [0.3, 0.4) is 0 Å². The van der Waals surface area contributed by atoms with Gasteiger partial charge < -0.3 is 10.6 Å². The quantitative estimate of drug-likeness (QED) is 0.915. The summed E-state index contributed by atoms with van der Waals surface area (Å²) in [6.45, 7) is 4.20. The van der Waals surface area contributed by atoms with Crippen LogP contribution in [0, 0.1) is 11.8 Å². The van der Waals surface area contributed by atoms with E-state index in [4.69, 9.17) is 0 Å².